The Morgan fingerprint density at radius 2 is 2.05 bits per heavy atom. The number of benzene rings is 1. The molecule has 0 saturated carbocycles. The molecule has 0 fully saturated rings. The number of hydrogen-bond acceptors (Lipinski definition) is 4. The molecule has 6 heteroatoms. The summed E-state index contributed by atoms with van der Waals surface area (Å²) in [7, 11) is 0. The molecule has 0 heterocycles. The van der Waals surface area contributed by atoms with Crippen LogP contribution in [0.3, 0.4) is 0 Å². The number of esters is 1. The molecule has 0 aliphatic heterocycles. The van der Waals surface area contributed by atoms with Crippen molar-refractivity contribution < 1.29 is 17.9 Å². The van der Waals surface area contributed by atoms with Crippen molar-refractivity contribution in [1.29, 1.82) is 0 Å². The molecule has 0 amide bonds. The number of carbonyl (C=O) groups is 1. The monoisotopic (exact) mass is 372 g/mol. The average molecular weight is 373 g/mol. The third-order valence-electron chi connectivity index (χ3n) is 2.34. The molecular weight excluding hydrogens is 356 g/mol. The Bertz CT molecular complexity index is 531. The maximum absolute atomic E-state index is 11.5. The molecule has 0 saturated heterocycles. The highest BCUT2D eigenvalue weighted by molar-refractivity contribution is 9.10. The summed E-state index contributed by atoms with van der Waals surface area (Å²) >= 11 is 1.92. The van der Waals surface area contributed by atoms with Crippen LogP contribution < -0.4 is 0 Å². The molecule has 4 nitrogen and oxygen atoms in total. The molecule has 0 aliphatic rings. The van der Waals surface area contributed by atoms with Crippen LogP contribution in [0.15, 0.2) is 28.7 Å². The molecule has 0 aliphatic carbocycles. The minimum Gasteiger partial charge on any atom is -0.466 e. The first-order valence-electron chi connectivity index (χ1n) is 6.53. The molecule has 0 radical (unpaired) electrons. The molecule has 1 aromatic rings. The van der Waals surface area contributed by atoms with Crippen molar-refractivity contribution >= 4 is 33.0 Å². The number of carbonyl (C=O) groups excluding carboxylic acids is 1. The SMILES string of the molecule is CCOC(=O)CCC[S@@](=O)OCC#Cc1ccc(Br)cc1. The normalized spacial score (nSPS) is 11.3. The smallest absolute Gasteiger partial charge is 0.305 e. The van der Waals surface area contributed by atoms with Gasteiger partial charge in [-0.05, 0) is 37.6 Å². The third kappa shape index (κ3) is 8.66. The molecule has 0 aromatic heterocycles. The Hall–Kier alpha value is -1.16. The predicted molar refractivity (Wildman–Crippen MR) is 85.8 cm³/mol. The fourth-order valence-corrected chi connectivity index (χ4v) is 2.35. The Kier molecular flexibility index (Phi) is 8.99. The summed E-state index contributed by atoms with van der Waals surface area (Å²) in [6.07, 6.45) is 0.735. The van der Waals surface area contributed by atoms with Gasteiger partial charge in [0, 0.05) is 16.5 Å². The van der Waals surface area contributed by atoms with E-state index in [1.165, 1.54) is 0 Å². The third-order valence-corrected chi connectivity index (χ3v) is 3.87. The fourth-order valence-electron chi connectivity index (χ4n) is 1.39. The summed E-state index contributed by atoms with van der Waals surface area (Å²) in [6.45, 7) is 2.22. The zero-order valence-electron chi connectivity index (χ0n) is 11.8. The lowest BCUT2D eigenvalue weighted by Crippen LogP contribution is -2.08. The largest absolute Gasteiger partial charge is 0.466 e. The topological polar surface area (TPSA) is 52.6 Å². The standard InChI is InChI=1S/C15H17BrO4S/c1-2-19-15(17)6-4-12-21(18)20-11-3-5-13-7-9-14(16)10-8-13/h7-10H,2,4,6,11-12H2,1H3/t21-/m0/s1. The lowest BCUT2D eigenvalue weighted by atomic mass is 10.2. The molecule has 1 rings (SSSR count). The number of halogens is 1. The van der Waals surface area contributed by atoms with E-state index >= 15 is 0 Å². The van der Waals surface area contributed by atoms with Crippen LogP contribution in [0.5, 0.6) is 0 Å². The van der Waals surface area contributed by atoms with E-state index in [0.717, 1.165) is 10.0 Å². The van der Waals surface area contributed by atoms with Crippen molar-refractivity contribution in [3.8, 4) is 11.8 Å². The van der Waals surface area contributed by atoms with E-state index in [2.05, 4.69) is 27.8 Å². The molecule has 0 spiro atoms. The fraction of sp³-hybridized carbons (Fsp3) is 0.400. The minimum absolute atomic E-state index is 0.0993. The van der Waals surface area contributed by atoms with Gasteiger partial charge >= 0.3 is 5.97 Å². The molecule has 1 aromatic carbocycles. The van der Waals surface area contributed by atoms with E-state index in [1.54, 1.807) is 6.92 Å². The van der Waals surface area contributed by atoms with Crippen LogP contribution in [0.1, 0.15) is 25.3 Å². The molecule has 114 valence electrons. The zero-order chi connectivity index (χ0) is 15.5. The van der Waals surface area contributed by atoms with E-state index in [1.807, 2.05) is 24.3 Å². The van der Waals surface area contributed by atoms with Crippen molar-refractivity contribution in [2.75, 3.05) is 19.0 Å². The first-order chi connectivity index (χ1) is 10.1. The van der Waals surface area contributed by atoms with Crippen molar-refractivity contribution in [1.82, 2.24) is 0 Å². The Morgan fingerprint density at radius 1 is 1.33 bits per heavy atom. The minimum atomic E-state index is -1.42. The van der Waals surface area contributed by atoms with Gasteiger partial charge in [0.1, 0.15) is 6.61 Å². The summed E-state index contributed by atoms with van der Waals surface area (Å²) in [5.74, 6) is 5.74. The molecular formula is C15H17BrO4S. The van der Waals surface area contributed by atoms with E-state index < -0.39 is 11.1 Å². The van der Waals surface area contributed by atoms with Gasteiger partial charge in [-0.2, -0.15) is 0 Å². The van der Waals surface area contributed by atoms with Crippen molar-refractivity contribution in [3.05, 3.63) is 34.3 Å². The summed E-state index contributed by atoms with van der Waals surface area (Å²) in [5.41, 5.74) is 0.870. The first kappa shape index (κ1) is 17.9. The van der Waals surface area contributed by atoms with Gasteiger partial charge in [0.15, 0.2) is 11.1 Å². The van der Waals surface area contributed by atoms with Gasteiger partial charge in [-0.3, -0.25) is 8.98 Å². The van der Waals surface area contributed by atoms with Crippen LogP contribution in [-0.2, 0) is 24.8 Å². The number of hydrogen-bond donors (Lipinski definition) is 0. The Balaban J connectivity index is 2.19. The van der Waals surface area contributed by atoms with Gasteiger partial charge in [-0.15, -0.1) is 0 Å². The van der Waals surface area contributed by atoms with Crippen LogP contribution >= 0.6 is 15.9 Å². The van der Waals surface area contributed by atoms with E-state index in [9.17, 15) is 9.00 Å². The first-order valence-corrected chi connectivity index (χ1v) is 8.57. The van der Waals surface area contributed by atoms with Crippen molar-refractivity contribution in [3.63, 3.8) is 0 Å². The van der Waals surface area contributed by atoms with Crippen molar-refractivity contribution in [2.24, 2.45) is 0 Å². The van der Waals surface area contributed by atoms with Crippen LogP contribution in [-0.4, -0.2) is 29.1 Å². The lowest BCUT2D eigenvalue weighted by Gasteiger charge is -2.01. The number of ether oxygens (including phenoxy) is 1. The molecule has 21 heavy (non-hydrogen) atoms. The Labute approximate surface area is 136 Å². The van der Waals surface area contributed by atoms with Gasteiger partial charge in [-0.1, -0.05) is 27.8 Å². The maximum Gasteiger partial charge on any atom is 0.305 e. The van der Waals surface area contributed by atoms with Crippen LogP contribution in [0.2, 0.25) is 0 Å². The second-order valence-corrected chi connectivity index (χ2v) is 6.15. The highest BCUT2D eigenvalue weighted by Gasteiger charge is 2.04. The summed E-state index contributed by atoms with van der Waals surface area (Å²) in [4.78, 5) is 11.1. The van der Waals surface area contributed by atoms with E-state index in [0.29, 0.717) is 18.8 Å². The van der Waals surface area contributed by atoms with Crippen LogP contribution in [0.4, 0.5) is 0 Å². The van der Waals surface area contributed by atoms with Crippen LogP contribution in [0, 0.1) is 11.8 Å². The van der Waals surface area contributed by atoms with E-state index in [4.69, 9.17) is 8.92 Å². The average Bonchev–Trinajstić information content (AvgIpc) is 2.46. The predicted octanol–water partition coefficient (Wildman–Crippen LogP) is 2.82. The van der Waals surface area contributed by atoms with Gasteiger partial charge in [0.2, 0.25) is 0 Å². The maximum atomic E-state index is 11.5. The van der Waals surface area contributed by atoms with Crippen molar-refractivity contribution in [2.45, 2.75) is 19.8 Å². The molecule has 0 bridgehead atoms. The van der Waals surface area contributed by atoms with Gasteiger partial charge in [-0.25, -0.2) is 4.21 Å². The molecule has 0 unspecified atom stereocenters. The quantitative estimate of drug-likeness (QED) is 0.545. The second-order valence-electron chi connectivity index (χ2n) is 3.99. The molecule has 1 atom stereocenters. The van der Waals surface area contributed by atoms with Gasteiger partial charge < -0.3 is 4.74 Å². The lowest BCUT2D eigenvalue weighted by molar-refractivity contribution is -0.143. The van der Waals surface area contributed by atoms with Gasteiger partial charge in [0.05, 0.1) is 12.4 Å². The van der Waals surface area contributed by atoms with Gasteiger partial charge in [0.25, 0.3) is 0 Å². The highest BCUT2D eigenvalue weighted by atomic mass is 79.9. The number of rotatable bonds is 7. The van der Waals surface area contributed by atoms with E-state index in [-0.39, 0.29) is 19.0 Å². The Morgan fingerprint density at radius 3 is 2.71 bits per heavy atom. The second kappa shape index (κ2) is 10.6. The van der Waals surface area contributed by atoms with Crippen LogP contribution in [0.25, 0.3) is 0 Å². The zero-order valence-corrected chi connectivity index (χ0v) is 14.2. The summed E-state index contributed by atoms with van der Waals surface area (Å²) in [6, 6.07) is 7.57. The summed E-state index contributed by atoms with van der Waals surface area (Å²) < 4.78 is 22.3. The highest BCUT2D eigenvalue weighted by Crippen LogP contribution is 2.09. The summed E-state index contributed by atoms with van der Waals surface area (Å²) in [5, 5.41) is 0. The molecule has 0 N–H and O–H groups in total.